The minimum absolute atomic E-state index is 0.0853. The summed E-state index contributed by atoms with van der Waals surface area (Å²) in [4.78, 5) is 25.0. The third-order valence-electron chi connectivity index (χ3n) is 4.58. The van der Waals surface area contributed by atoms with Crippen LogP contribution < -0.4 is 10.7 Å². The van der Waals surface area contributed by atoms with Crippen molar-refractivity contribution in [1.29, 1.82) is 0 Å². The molecule has 4 aromatic rings. The Morgan fingerprint density at radius 3 is 2.55 bits per heavy atom. The van der Waals surface area contributed by atoms with Crippen LogP contribution in [0.1, 0.15) is 33.4 Å². The molecule has 0 saturated heterocycles. The van der Waals surface area contributed by atoms with Crippen molar-refractivity contribution in [3.63, 3.8) is 0 Å². The summed E-state index contributed by atoms with van der Waals surface area (Å²) in [5.74, 6) is 0.208. The van der Waals surface area contributed by atoms with E-state index in [2.05, 4.69) is 15.5 Å². The van der Waals surface area contributed by atoms with E-state index in [1.807, 2.05) is 32.9 Å². The van der Waals surface area contributed by atoms with E-state index in [1.54, 1.807) is 24.3 Å². The zero-order valence-electron chi connectivity index (χ0n) is 16.3. The minimum Gasteiger partial charge on any atom is -0.456 e. The first kappa shape index (κ1) is 19.0. The number of aromatic nitrogens is 2. The Kier molecular flexibility index (Phi) is 4.98. The predicted octanol–water partition coefficient (Wildman–Crippen LogP) is 4.74. The molecule has 0 aliphatic heterocycles. The summed E-state index contributed by atoms with van der Waals surface area (Å²) in [6.45, 7) is 5.86. The van der Waals surface area contributed by atoms with Crippen LogP contribution in [0.25, 0.3) is 22.3 Å². The molecule has 7 heteroatoms. The fourth-order valence-electron chi connectivity index (χ4n) is 3.15. The molecule has 2 heterocycles. The van der Waals surface area contributed by atoms with Gasteiger partial charge in [-0.3, -0.25) is 14.9 Å². The van der Waals surface area contributed by atoms with E-state index in [4.69, 9.17) is 4.42 Å². The summed E-state index contributed by atoms with van der Waals surface area (Å²) >= 11 is 1.36. The average Bonchev–Trinajstić information content (AvgIpc) is 3.16. The summed E-state index contributed by atoms with van der Waals surface area (Å²) in [7, 11) is 0. The van der Waals surface area contributed by atoms with Gasteiger partial charge < -0.3 is 4.42 Å². The lowest BCUT2D eigenvalue weighted by Crippen LogP contribution is -2.11. The van der Waals surface area contributed by atoms with Crippen molar-refractivity contribution < 1.29 is 9.21 Å². The van der Waals surface area contributed by atoms with Gasteiger partial charge >= 0.3 is 0 Å². The van der Waals surface area contributed by atoms with Gasteiger partial charge in [-0.15, -0.1) is 10.2 Å². The maximum Gasteiger partial charge on any atom is 0.257 e. The molecule has 6 nitrogen and oxygen atoms in total. The van der Waals surface area contributed by atoms with Crippen LogP contribution in [-0.4, -0.2) is 16.1 Å². The molecular formula is C22H19N3O3S. The number of nitrogens with one attached hydrogen (secondary N) is 1. The number of nitrogens with zero attached hydrogens (tertiary/aromatic N) is 2. The molecular weight excluding hydrogens is 386 g/mol. The highest BCUT2D eigenvalue weighted by Gasteiger charge is 2.12. The van der Waals surface area contributed by atoms with E-state index >= 15 is 0 Å². The van der Waals surface area contributed by atoms with Gasteiger partial charge in [-0.25, -0.2) is 0 Å². The molecule has 1 amide bonds. The summed E-state index contributed by atoms with van der Waals surface area (Å²) < 4.78 is 6.01. The number of rotatable bonds is 4. The highest BCUT2D eigenvalue weighted by molar-refractivity contribution is 7.15. The normalized spacial score (nSPS) is 11.0. The zero-order chi connectivity index (χ0) is 20.5. The van der Waals surface area contributed by atoms with Gasteiger partial charge in [0.2, 0.25) is 5.13 Å². The number of carbonyl (C=O) groups is 1. The van der Waals surface area contributed by atoms with Gasteiger partial charge in [0.05, 0.1) is 5.39 Å². The van der Waals surface area contributed by atoms with E-state index in [0.717, 1.165) is 28.1 Å². The number of hydrogen-bond acceptors (Lipinski definition) is 6. The molecule has 0 radical (unpaired) electrons. The van der Waals surface area contributed by atoms with E-state index in [0.29, 0.717) is 27.4 Å². The number of benzene rings is 2. The molecule has 0 atom stereocenters. The predicted molar refractivity (Wildman–Crippen MR) is 115 cm³/mol. The topological polar surface area (TPSA) is 85.1 Å². The van der Waals surface area contributed by atoms with Crippen LogP contribution >= 0.6 is 11.3 Å². The second-order valence-electron chi connectivity index (χ2n) is 6.82. The Bertz CT molecular complexity index is 1270. The maximum atomic E-state index is 12.5. The van der Waals surface area contributed by atoms with E-state index < -0.39 is 0 Å². The first-order valence-corrected chi connectivity index (χ1v) is 10.1. The number of aryl methyl sites for hydroxylation is 3. The third kappa shape index (κ3) is 3.82. The van der Waals surface area contributed by atoms with Gasteiger partial charge in [-0.05, 0) is 49.6 Å². The first-order chi connectivity index (χ1) is 13.9. The summed E-state index contributed by atoms with van der Waals surface area (Å²) in [6, 6.07) is 12.2. The first-order valence-electron chi connectivity index (χ1n) is 9.24. The standard InChI is InChI=1S/C22H19N3O3S/c1-4-19-24-25-22(29-19)23-21(27)15-7-5-14(6-8-15)18-11-17(26)16-10-12(2)9-13(3)20(16)28-18/h5-11H,4H2,1-3H3,(H,23,25,27). The lowest BCUT2D eigenvalue weighted by atomic mass is 10.1. The number of amides is 1. The third-order valence-corrected chi connectivity index (χ3v) is 5.56. The Balaban J connectivity index is 1.62. The fourth-order valence-corrected chi connectivity index (χ4v) is 3.83. The molecule has 0 unspecified atom stereocenters. The fraction of sp³-hybridized carbons (Fsp3) is 0.182. The summed E-state index contributed by atoms with van der Waals surface area (Å²) in [5, 5.41) is 12.6. The Hall–Kier alpha value is -3.32. The molecule has 0 bridgehead atoms. The van der Waals surface area contributed by atoms with Crippen LogP contribution in [0, 0.1) is 13.8 Å². The van der Waals surface area contributed by atoms with Crippen LogP contribution in [0.3, 0.4) is 0 Å². The van der Waals surface area contributed by atoms with Crippen molar-refractivity contribution >= 4 is 33.3 Å². The quantitative estimate of drug-likeness (QED) is 0.530. The SMILES string of the molecule is CCc1nnc(NC(=O)c2ccc(-c3cc(=O)c4cc(C)cc(C)c4o3)cc2)s1. The number of fused-ring (bicyclic) bond motifs is 1. The molecule has 0 spiro atoms. The Labute approximate surface area is 171 Å². The van der Waals surface area contributed by atoms with Gasteiger partial charge in [0.25, 0.3) is 5.91 Å². The molecule has 29 heavy (non-hydrogen) atoms. The van der Waals surface area contributed by atoms with Crippen molar-refractivity contribution in [2.24, 2.45) is 0 Å². The summed E-state index contributed by atoms with van der Waals surface area (Å²) in [5.41, 5.74) is 3.65. The van der Waals surface area contributed by atoms with E-state index in [1.165, 1.54) is 17.4 Å². The number of carbonyl (C=O) groups excluding carboxylic acids is 1. The van der Waals surface area contributed by atoms with Crippen molar-refractivity contribution in [2.45, 2.75) is 27.2 Å². The van der Waals surface area contributed by atoms with E-state index in [9.17, 15) is 9.59 Å². The molecule has 4 rings (SSSR count). The average molecular weight is 405 g/mol. The van der Waals surface area contributed by atoms with E-state index in [-0.39, 0.29) is 11.3 Å². The van der Waals surface area contributed by atoms with Crippen molar-refractivity contribution in [1.82, 2.24) is 10.2 Å². The molecule has 2 aromatic heterocycles. The van der Waals surface area contributed by atoms with Crippen LogP contribution in [0.15, 0.2) is 51.7 Å². The highest BCUT2D eigenvalue weighted by atomic mass is 32.1. The molecule has 146 valence electrons. The van der Waals surface area contributed by atoms with Crippen molar-refractivity contribution in [3.05, 3.63) is 74.4 Å². The monoisotopic (exact) mass is 405 g/mol. The van der Waals surface area contributed by atoms with Crippen LogP contribution in [0.2, 0.25) is 0 Å². The molecule has 0 aliphatic rings. The lowest BCUT2D eigenvalue weighted by molar-refractivity contribution is 0.102. The Morgan fingerprint density at radius 1 is 1.10 bits per heavy atom. The number of hydrogen-bond donors (Lipinski definition) is 1. The zero-order valence-corrected chi connectivity index (χ0v) is 17.1. The number of anilines is 1. The van der Waals surface area contributed by atoms with Gasteiger partial charge in [0.15, 0.2) is 5.43 Å². The molecule has 0 fully saturated rings. The second kappa shape index (κ2) is 7.60. The highest BCUT2D eigenvalue weighted by Crippen LogP contribution is 2.25. The van der Waals surface area contributed by atoms with Gasteiger partial charge in [0.1, 0.15) is 16.4 Å². The van der Waals surface area contributed by atoms with Crippen LogP contribution in [0.5, 0.6) is 0 Å². The molecule has 2 aromatic carbocycles. The van der Waals surface area contributed by atoms with Crippen LogP contribution in [0.4, 0.5) is 5.13 Å². The van der Waals surface area contributed by atoms with Crippen LogP contribution in [-0.2, 0) is 6.42 Å². The van der Waals surface area contributed by atoms with Gasteiger partial charge in [0, 0.05) is 17.2 Å². The molecule has 1 N–H and O–H groups in total. The Morgan fingerprint density at radius 2 is 1.86 bits per heavy atom. The second-order valence-corrected chi connectivity index (χ2v) is 7.88. The maximum absolute atomic E-state index is 12.5. The summed E-state index contributed by atoms with van der Waals surface area (Å²) in [6.07, 6.45) is 0.776. The van der Waals surface area contributed by atoms with Gasteiger partial charge in [-0.2, -0.15) is 0 Å². The van der Waals surface area contributed by atoms with Crippen molar-refractivity contribution in [3.8, 4) is 11.3 Å². The molecule has 0 saturated carbocycles. The lowest BCUT2D eigenvalue weighted by Gasteiger charge is -2.07. The smallest absolute Gasteiger partial charge is 0.257 e. The largest absolute Gasteiger partial charge is 0.456 e. The van der Waals surface area contributed by atoms with Gasteiger partial charge in [-0.1, -0.05) is 36.5 Å². The van der Waals surface area contributed by atoms with Crippen molar-refractivity contribution in [2.75, 3.05) is 5.32 Å². The molecule has 0 aliphatic carbocycles. The minimum atomic E-state index is -0.262.